The topological polar surface area (TPSA) is 70.0 Å². The van der Waals surface area contributed by atoms with Crippen LogP contribution in [0, 0.1) is 0 Å². The average Bonchev–Trinajstić information content (AvgIpc) is 2.95. The third-order valence-electron chi connectivity index (χ3n) is 5.35. The number of carbonyl (C=O) groups is 1. The van der Waals surface area contributed by atoms with Crippen LogP contribution in [0.15, 0.2) is 45.7 Å². The van der Waals surface area contributed by atoms with E-state index in [0.29, 0.717) is 40.1 Å². The van der Waals surface area contributed by atoms with Gasteiger partial charge in [0.05, 0.1) is 15.7 Å². The Morgan fingerprint density at radius 1 is 1.10 bits per heavy atom. The maximum Gasteiger partial charge on any atom is 0.286 e. The van der Waals surface area contributed by atoms with E-state index in [4.69, 9.17) is 23.2 Å². The Morgan fingerprint density at radius 3 is 2.67 bits per heavy atom. The second-order valence-corrected chi connectivity index (χ2v) is 9.92. The molecule has 2 heterocycles. The molecule has 0 aromatic heterocycles. The van der Waals surface area contributed by atoms with Crippen molar-refractivity contribution in [1.29, 1.82) is 0 Å². The van der Waals surface area contributed by atoms with Crippen molar-refractivity contribution in [2.24, 2.45) is 4.40 Å². The number of hydrogen-bond donors (Lipinski definition) is 0. The van der Waals surface area contributed by atoms with Crippen LogP contribution < -0.4 is 4.90 Å². The number of hydrogen-bond acceptors (Lipinski definition) is 4. The van der Waals surface area contributed by atoms with Crippen LogP contribution >= 0.6 is 23.2 Å². The van der Waals surface area contributed by atoms with E-state index in [2.05, 4.69) is 4.40 Å². The van der Waals surface area contributed by atoms with Crippen molar-refractivity contribution in [2.45, 2.75) is 37.1 Å². The Kier molecular flexibility index (Phi) is 5.79. The maximum atomic E-state index is 13.0. The molecule has 0 atom stereocenters. The van der Waals surface area contributed by atoms with Gasteiger partial charge in [-0.3, -0.25) is 4.79 Å². The average molecular weight is 466 g/mol. The SMILES string of the molecule is CN(Cc1ccc(Cl)c(Cl)c1)C(=O)c1ccc2c(c1)S(=O)(=O)N=C1CCCCCN12. The van der Waals surface area contributed by atoms with Crippen molar-refractivity contribution >= 4 is 50.7 Å². The number of benzene rings is 2. The van der Waals surface area contributed by atoms with Gasteiger partial charge in [0, 0.05) is 32.1 Å². The number of rotatable bonds is 3. The number of amides is 1. The van der Waals surface area contributed by atoms with Gasteiger partial charge in [-0.05, 0) is 48.7 Å². The molecular weight excluding hydrogens is 445 g/mol. The van der Waals surface area contributed by atoms with Crippen molar-refractivity contribution in [3.63, 3.8) is 0 Å². The maximum absolute atomic E-state index is 13.0. The molecule has 30 heavy (non-hydrogen) atoms. The summed E-state index contributed by atoms with van der Waals surface area (Å²) < 4.78 is 29.6. The fraction of sp³-hybridized carbons (Fsp3) is 0.333. The summed E-state index contributed by atoms with van der Waals surface area (Å²) in [6.07, 6.45) is 3.59. The van der Waals surface area contributed by atoms with Crippen molar-refractivity contribution in [2.75, 3.05) is 18.5 Å². The summed E-state index contributed by atoms with van der Waals surface area (Å²) in [7, 11) is -2.18. The monoisotopic (exact) mass is 465 g/mol. The summed E-state index contributed by atoms with van der Waals surface area (Å²) in [5, 5.41) is 0.865. The molecule has 1 amide bonds. The van der Waals surface area contributed by atoms with Crippen molar-refractivity contribution in [1.82, 2.24) is 4.90 Å². The van der Waals surface area contributed by atoms with Crippen LogP contribution in [0.3, 0.4) is 0 Å². The summed E-state index contributed by atoms with van der Waals surface area (Å²) in [5.41, 5.74) is 1.73. The highest BCUT2D eigenvalue weighted by molar-refractivity contribution is 7.90. The molecule has 0 bridgehead atoms. The molecule has 2 aromatic carbocycles. The van der Waals surface area contributed by atoms with E-state index in [-0.39, 0.29) is 10.8 Å². The third-order valence-corrected chi connectivity index (χ3v) is 7.42. The van der Waals surface area contributed by atoms with Crippen molar-refractivity contribution in [3.8, 4) is 0 Å². The van der Waals surface area contributed by atoms with Gasteiger partial charge in [0.15, 0.2) is 0 Å². The summed E-state index contributed by atoms with van der Waals surface area (Å²) in [4.78, 5) is 16.5. The van der Waals surface area contributed by atoms with E-state index in [1.807, 2.05) is 4.90 Å². The predicted octanol–water partition coefficient (Wildman–Crippen LogP) is 4.75. The summed E-state index contributed by atoms with van der Waals surface area (Å²) >= 11 is 12.0. The lowest BCUT2D eigenvalue weighted by Gasteiger charge is -2.30. The molecule has 158 valence electrons. The molecule has 1 saturated heterocycles. The van der Waals surface area contributed by atoms with Crippen LogP contribution in [0.2, 0.25) is 10.0 Å². The van der Waals surface area contributed by atoms with Crippen molar-refractivity contribution in [3.05, 3.63) is 57.6 Å². The first kappa shape index (κ1) is 21.2. The van der Waals surface area contributed by atoms with Crippen LogP contribution in [0.25, 0.3) is 0 Å². The molecule has 0 unspecified atom stereocenters. The van der Waals surface area contributed by atoms with Crippen LogP contribution in [-0.4, -0.2) is 38.7 Å². The molecule has 2 aromatic rings. The number of amidine groups is 1. The molecular formula is C21H21Cl2N3O3S. The highest BCUT2D eigenvalue weighted by Crippen LogP contribution is 2.35. The Labute approximate surface area is 186 Å². The van der Waals surface area contributed by atoms with Gasteiger partial charge >= 0.3 is 0 Å². The molecule has 0 spiro atoms. The van der Waals surface area contributed by atoms with Gasteiger partial charge in [-0.2, -0.15) is 8.42 Å². The van der Waals surface area contributed by atoms with Gasteiger partial charge in [-0.1, -0.05) is 35.7 Å². The number of anilines is 1. The Hall–Kier alpha value is -2.09. The number of halogens is 2. The van der Waals surface area contributed by atoms with Crippen molar-refractivity contribution < 1.29 is 13.2 Å². The van der Waals surface area contributed by atoms with Gasteiger partial charge < -0.3 is 9.80 Å². The molecule has 0 radical (unpaired) electrons. The molecule has 1 fully saturated rings. The zero-order chi connectivity index (χ0) is 21.5. The standard InChI is InChI=1S/C21H21Cl2N3O3S/c1-25(13-14-6-8-16(22)17(23)11-14)21(27)15-7-9-18-19(12-15)30(28,29)24-20-5-3-2-4-10-26(18)20/h6-9,11-12H,2-5,10,13H2,1H3. The van der Waals surface area contributed by atoms with E-state index < -0.39 is 10.0 Å². The van der Waals surface area contributed by atoms with Gasteiger partial charge in [0.1, 0.15) is 10.7 Å². The minimum Gasteiger partial charge on any atom is -0.337 e. The lowest BCUT2D eigenvalue weighted by molar-refractivity contribution is 0.0785. The van der Waals surface area contributed by atoms with Crippen LogP contribution in [-0.2, 0) is 16.6 Å². The normalized spacial score (nSPS) is 17.4. The third kappa shape index (κ3) is 4.06. The summed E-state index contributed by atoms with van der Waals surface area (Å²) in [5.74, 6) is 0.306. The molecule has 4 rings (SSSR count). The molecule has 2 aliphatic rings. The molecule has 6 nitrogen and oxygen atoms in total. The molecule has 0 saturated carbocycles. The highest BCUT2D eigenvalue weighted by atomic mass is 35.5. The molecule has 0 aliphatic carbocycles. The van der Waals surface area contributed by atoms with Gasteiger partial charge in [-0.15, -0.1) is 4.40 Å². The zero-order valence-corrected chi connectivity index (χ0v) is 18.8. The molecule has 9 heteroatoms. The number of sulfonamides is 1. The number of carbonyl (C=O) groups excluding carboxylic acids is 1. The first-order valence-electron chi connectivity index (χ1n) is 9.71. The second kappa shape index (κ2) is 8.21. The van der Waals surface area contributed by atoms with Crippen LogP contribution in [0.4, 0.5) is 5.69 Å². The Bertz CT molecular complexity index is 1150. The lowest BCUT2D eigenvalue weighted by atomic mass is 10.1. The smallest absolute Gasteiger partial charge is 0.286 e. The number of nitrogens with zero attached hydrogens (tertiary/aromatic N) is 3. The first-order valence-corrected chi connectivity index (χ1v) is 11.9. The van der Waals surface area contributed by atoms with Crippen LogP contribution in [0.1, 0.15) is 41.6 Å². The van der Waals surface area contributed by atoms with E-state index in [9.17, 15) is 13.2 Å². The van der Waals surface area contributed by atoms with Gasteiger partial charge in [0.25, 0.3) is 15.9 Å². The fourth-order valence-corrected chi connectivity index (χ4v) is 5.42. The largest absolute Gasteiger partial charge is 0.337 e. The van der Waals surface area contributed by atoms with E-state index in [1.54, 1.807) is 37.4 Å². The lowest BCUT2D eigenvalue weighted by Crippen LogP contribution is -2.35. The van der Waals surface area contributed by atoms with Gasteiger partial charge in [-0.25, -0.2) is 0 Å². The quantitative estimate of drug-likeness (QED) is 0.655. The minimum atomic E-state index is -3.84. The van der Waals surface area contributed by atoms with E-state index in [0.717, 1.165) is 31.4 Å². The molecule has 0 N–H and O–H groups in total. The highest BCUT2D eigenvalue weighted by Gasteiger charge is 2.32. The van der Waals surface area contributed by atoms with E-state index in [1.165, 1.54) is 11.0 Å². The summed E-state index contributed by atoms with van der Waals surface area (Å²) in [6.45, 7) is 1.04. The zero-order valence-electron chi connectivity index (χ0n) is 16.4. The predicted molar refractivity (Wildman–Crippen MR) is 119 cm³/mol. The minimum absolute atomic E-state index is 0.0851. The first-order chi connectivity index (χ1) is 14.3. The van der Waals surface area contributed by atoms with Gasteiger partial charge in [0.2, 0.25) is 0 Å². The van der Waals surface area contributed by atoms with Crippen LogP contribution in [0.5, 0.6) is 0 Å². The number of fused-ring (bicyclic) bond motifs is 3. The Morgan fingerprint density at radius 2 is 1.90 bits per heavy atom. The van der Waals surface area contributed by atoms with E-state index >= 15 is 0 Å². The summed E-state index contributed by atoms with van der Waals surface area (Å²) in [6, 6.07) is 10.0. The Balaban J connectivity index is 1.62. The fourth-order valence-electron chi connectivity index (χ4n) is 3.82. The second-order valence-electron chi connectivity index (χ2n) is 7.54. The molecule has 2 aliphatic heterocycles.